The summed E-state index contributed by atoms with van der Waals surface area (Å²) in [6.45, 7) is 0. The number of rotatable bonds is 4. The van der Waals surface area contributed by atoms with Gasteiger partial charge in [0.1, 0.15) is 0 Å². The number of benzene rings is 2. The quantitative estimate of drug-likeness (QED) is 0.422. The van der Waals surface area contributed by atoms with Gasteiger partial charge in [-0.1, -0.05) is 72.8 Å². The topological polar surface area (TPSA) is 29.1 Å². The van der Waals surface area contributed by atoms with Crippen LogP contribution in [0.3, 0.4) is 0 Å². The molecule has 1 N–H and O–H groups in total. The van der Waals surface area contributed by atoms with E-state index in [1.54, 1.807) is 22.7 Å². The van der Waals surface area contributed by atoms with Crippen LogP contribution in [0, 0.1) is 0 Å². The van der Waals surface area contributed by atoms with E-state index >= 15 is 0 Å². The second-order valence-corrected chi connectivity index (χ2v) is 9.29. The van der Waals surface area contributed by atoms with E-state index in [0.717, 1.165) is 11.1 Å². The monoisotopic (exact) mass is 415 g/mol. The van der Waals surface area contributed by atoms with Crippen molar-refractivity contribution in [2.75, 3.05) is 0 Å². The number of carbonyl (C=O) groups is 1. The van der Waals surface area contributed by atoms with Gasteiger partial charge < -0.3 is 0 Å². The number of hydrogen-bond acceptors (Lipinski definition) is 4. The zero-order valence-electron chi connectivity index (χ0n) is 15.8. The Hall–Kier alpha value is -2.53. The molecule has 0 radical (unpaired) electrons. The fourth-order valence-electron chi connectivity index (χ4n) is 4.37. The molecule has 0 unspecified atom stereocenters. The molecule has 4 heteroatoms. The fraction of sp³-hybridized carbons (Fsp3) is 0.160. The summed E-state index contributed by atoms with van der Waals surface area (Å²) in [4.78, 5) is 16.5. The molecule has 4 aromatic rings. The van der Waals surface area contributed by atoms with E-state index in [2.05, 4.69) is 64.6 Å². The lowest BCUT2D eigenvalue weighted by Crippen LogP contribution is -2.45. The van der Waals surface area contributed by atoms with Crippen molar-refractivity contribution in [2.24, 2.45) is 0 Å². The summed E-state index contributed by atoms with van der Waals surface area (Å²) in [6.07, 6.45) is 0. The molecule has 0 aliphatic carbocycles. The second-order valence-electron chi connectivity index (χ2n) is 7.33. The van der Waals surface area contributed by atoms with Crippen LogP contribution in [0.15, 0.2) is 95.7 Å². The van der Waals surface area contributed by atoms with Gasteiger partial charge in [-0.25, -0.2) is 0 Å². The Bertz CT molecular complexity index is 973. The molecule has 1 aliphatic heterocycles. The molecule has 1 fully saturated rings. The van der Waals surface area contributed by atoms with Gasteiger partial charge in [-0.3, -0.25) is 10.1 Å². The summed E-state index contributed by atoms with van der Waals surface area (Å²) in [7, 11) is 0. The number of thiophene rings is 2. The molecule has 0 bridgehead atoms. The molecule has 4 atom stereocenters. The van der Waals surface area contributed by atoms with Crippen LogP contribution >= 0.6 is 22.7 Å². The Balaban J connectivity index is 1.66. The summed E-state index contributed by atoms with van der Waals surface area (Å²) >= 11 is 3.43. The van der Waals surface area contributed by atoms with Gasteiger partial charge in [0.2, 0.25) is 0 Å². The van der Waals surface area contributed by atoms with E-state index in [0.29, 0.717) is 0 Å². The average Bonchev–Trinajstić information content (AvgIpc) is 3.49. The highest BCUT2D eigenvalue weighted by Crippen LogP contribution is 2.48. The van der Waals surface area contributed by atoms with E-state index in [1.807, 2.05) is 36.4 Å². The van der Waals surface area contributed by atoms with Crippen LogP contribution in [-0.4, -0.2) is 5.78 Å². The predicted molar refractivity (Wildman–Crippen MR) is 121 cm³/mol. The first-order chi connectivity index (χ1) is 14.3. The first-order valence-corrected chi connectivity index (χ1v) is 11.6. The minimum atomic E-state index is -0.212. The summed E-state index contributed by atoms with van der Waals surface area (Å²) in [6, 6.07) is 28.8. The zero-order valence-corrected chi connectivity index (χ0v) is 17.4. The van der Waals surface area contributed by atoms with E-state index < -0.39 is 0 Å². The van der Waals surface area contributed by atoms with Crippen LogP contribution in [-0.2, 0) is 4.79 Å². The highest BCUT2D eigenvalue weighted by atomic mass is 32.1. The molecule has 2 aromatic carbocycles. The third-order valence-electron chi connectivity index (χ3n) is 5.66. The number of hydrogen-bond donors (Lipinski definition) is 1. The molecule has 3 heterocycles. The van der Waals surface area contributed by atoms with Crippen molar-refractivity contribution in [2.45, 2.75) is 23.9 Å². The first-order valence-electron chi connectivity index (χ1n) is 9.79. The summed E-state index contributed by atoms with van der Waals surface area (Å²) in [5.41, 5.74) is 2.16. The zero-order chi connectivity index (χ0) is 19.6. The number of nitrogens with one attached hydrogen (secondary N) is 1. The number of carbonyl (C=O) groups excluding carboxylic acids is 1. The van der Waals surface area contributed by atoms with Crippen molar-refractivity contribution in [3.63, 3.8) is 0 Å². The van der Waals surface area contributed by atoms with Gasteiger partial charge in [0, 0.05) is 9.75 Å². The van der Waals surface area contributed by atoms with Gasteiger partial charge >= 0.3 is 0 Å². The molecule has 1 aliphatic rings. The Labute approximate surface area is 178 Å². The third-order valence-corrected chi connectivity index (χ3v) is 7.57. The molecule has 0 amide bonds. The van der Waals surface area contributed by atoms with Crippen LogP contribution in [0.25, 0.3) is 0 Å². The molecule has 2 aromatic heterocycles. The predicted octanol–water partition coefficient (Wildman–Crippen LogP) is 6.33. The maximum Gasteiger partial charge on any atom is 0.151 e. The van der Waals surface area contributed by atoms with Gasteiger partial charge in [0.15, 0.2) is 5.78 Å². The molecular weight excluding hydrogens is 394 g/mol. The summed E-state index contributed by atoms with van der Waals surface area (Å²) in [5, 5.41) is 8.07. The van der Waals surface area contributed by atoms with Crippen LogP contribution in [0.1, 0.15) is 44.8 Å². The molecule has 5 rings (SSSR count). The standard InChI is InChI=1S/C25H21NOS2/c27-25-21(17-9-3-1-4-10-17)23(19-13-7-15-28-19)26-24(20-14-8-16-29-20)22(25)18-11-5-2-6-12-18/h1-16,21-24,26H/t21-,22+,23+,24-. The van der Waals surface area contributed by atoms with Crippen LogP contribution in [0.4, 0.5) is 0 Å². The number of ketones is 1. The van der Waals surface area contributed by atoms with Gasteiger partial charge in [-0.15, -0.1) is 22.7 Å². The summed E-state index contributed by atoms with van der Waals surface area (Å²) < 4.78 is 0. The lowest BCUT2D eigenvalue weighted by Gasteiger charge is -2.41. The van der Waals surface area contributed by atoms with Crippen molar-refractivity contribution in [3.8, 4) is 0 Å². The highest BCUT2D eigenvalue weighted by molar-refractivity contribution is 7.10. The highest BCUT2D eigenvalue weighted by Gasteiger charge is 2.46. The molecule has 1 saturated heterocycles. The van der Waals surface area contributed by atoms with Crippen molar-refractivity contribution >= 4 is 28.5 Å². The molecular formula is C25H21NOS2. The van der Waals surface area contributed by atoms with Crippen LogP contribution < -0.4 is 5.32 Å². The molecule has 29 heavy (non-hydrogen) atoms. The number of piperidine rings is 1. The first kappa shape index (κ1) is 18.5. The molecule has 0 saturated carbocycles. The minimum absolute atomic E-state index is 0.0306. The van der Waals surface area contributed by atoms with Crippen molar-refractivity contribution in [1.82, 2.24) is 5.32 Å². The Morgan fingerprint density at radius 2 is 1.03 bits per heavy atom. The maximum absolute atomic E-state index is 14.1. The fourth-order valence-corrected chi connectivity index (χ4v) is 6.02. The van der Waals surface area contributed by atoms with Crippen molar-refractivity contribution in [3.05, 3.63) is 117 Å². The van der Waals surface area contributed by atoms with E-state index in [-0.39, 0.29) is 29.7 Å². The molecule has 0 spiro atoms. The lowest BCUT2D eigenvalue weighted by atomic mass is 9.72. The Morgan fingerprint density at radius 3 is 1.41 bits per heavy atom. The maximum atomic E-state index is 14.1. The smallest absolute Gasteiger partial charge is 0.151 e. The van der Waals surface area contributed by atoms with Crippen LogP contribution in [0.5, 0.6) is 0 Å². The van der Waals surface area contributed by atoms with Crippen molar-refractivity contribution in [1.29, 1.82) is 0 Å². The Morgan fingerprint density at radius 1 is 0.586 bits per heavy atom. The van der Waals surface area contributed by atoms with Crippen LogP contribution in [0.2, 0.25) is 0 Å². The second kappa shape index (κ2) is 8.07. The van der Waals surface area contributed by atoms with E-state index in [4.69, 9.17) is 0 Å². The molecule has 2 nitrogen and oxygen atoms in total. The minimum Gasteiger partial charge on any atom is -0.300 e. The van der Waals surface area contributed by atoms with E-state index in [1.165, 1.54) is 9.75 Å². The average molecular weight is 416 g/mol. The van der Waals surface area contributed by atoms with Crippen molar-refractivity contribution < 1.29 is 4.79 Å². The SMILES string of the molecule is O=C1[C@H](c2ccccc2)[C@H](c2cccs2)N[C@H](c2cccs2)[C@@H]1c1ccccc1. The van der Waals surface area contributed by atoms with Gasteiger partial charge in [-0.2, -0.15) is 0 Å². The molecule has 144 valence electrons. The summed E-state index contributed by atoms with van der Waals surface area (Å²) in [5.74, 6) is -0.134. The van der Waals surface area contributed by atoms with Gasteiger partial charge in [0.05, 0.1) is 23.9 Å². The third kappa shape index (κ3) is 3.48. The van der Waals surface area contributed by atoms with Gasteiger partial charge in [0.25, 0.3) is 0 Å². The lowest BCUT2D eigenvalue weighted by molar-refractivity contribution is -0.125. The Kier molecular flexibility index (Phi) is 5.15. The number of Topliss-reactive ketones (excluding diaryl/α,β-unsaturated/α-hetero) is 1. The van der Waals surface area contributed by atoms with E-state index in [9.17, 15) is 4.79 Å². The van der Waals surface area contributed by atoms with Gasteiger partial charge in [-0.05, 0) is 34.0 Å². The largest absolute Gasteiger partial charge is 0.300 e. The normalized spacial score (nSPS) is 24.5.